The zero-order valence-corrected chi connectivity index (χ0v) is 14.8. The Bertz CT molecular complexity index is 663. The quantitative estimate of drug-likeness (QED) is 0.777. The van der Waals surface area contributed by atoms with Gasteiger partial charge >= 0.3 is 6.03 Å². The summed E-state index contributed by atoms with van der Waals surface area (Å²) in [6, 6.07) is 16.2. The van der Waals surface area contributed by atoms with E-state index < -0.39 is 0 Å². The molecule has 2 aromatic carbocycles. The summed E-state index contributed by atoms with van der Waals surface area (Å²) in [5, 5.41) is 0.705. The first-order valence-corrected chi connectivity index (χ1v) is 8.83. The first kappa shape index (κ1) is 16.8. The highest BCUT2D eigenvalue weighted by molar-refractivity contribution is 6.30. The molecule has 0 unspecified atom stereocenters. The molecular weight excluding hydrogens is 320 g/mol. The molecule has 24 heavy (non-hydrogen) atoms. The smallest absolute Gasteiger partial charge is 0.320 e. The first-order chi connectivity index (χ1) is 11.6. The molecule has 1 aliphatic heterocycles. The number of halogens is 1. The largest absolute Gasteiger partial charge is 0.325 e. The van der Waals surface area contributed by atoms with Crippen LogP contribution in [0.15, 0.2) is 48.5 Å². The summed E-state index contributed by atoms with van der Waals surface area (Å²) in [7, 11) is 0. The van der Waals surface area contributed by atoms with Crippen LogP contribution in [-0.4, -0.2) is 28.9 Å². The van der Waals surface area contributed by atoms with Crippen LogP contribution in [0.4, 0.5) is 4.79 Å². The van der Waals surface area contributed by atoms with Crippen molar-refractivity contribution in [3.8, 4) is 0 Å². The molecule has 0 atom stereocenters. The molecule has 1 saturated heterocycles. The lowest BCUT2D eigenvalue weighted by atomic mass is 10.1. The van der Waals surface area contributed by atoms with E-state index in [1.165, 1.54) is 5.56 Å². The molecule has 126 valence electrons. The Morgan fingerprint density at radius 1 is 1.04 bits per heavy atom. The van der Waals surface area contributed by atoms with Gasteiger partial charge in [-0.2, -0.15) is 0 Å². The van der Waals surface area contributed by atoms with Crippen molar-refractivity contribution in [3.05, 3.63) is 70.2 Å². The highest BCUT2D eigenvalue weighted by Gasteiger charge is 2.24. The van der Waals surface area contributed by atoms with Crippen LogP contribution < -0.4 is 0 Å². The Hall–Kier alpha value is -2.00. The number of carbonyl (C=O) groups is 1. The minimum Gasteiger partial charge on any atom is -0.325 e. The van der Waals surface area contributed by atoms with Crippen molar-refractivity contribution in [1.82, 2.24) is 9.80 Å². The molecule has 3 nitrogen and oxygen atoms in total. The van der Waals surface area contributed by atoms with Gasteiger partial charge in [-0.15, -0.1) is 0 Å². The molecule has 2 aromatic rings. The van der Waals surface area contributed by atoms with E-state index in [-0.39, 0.29) is 6.03 Å². The lowest BCUT2D eigenvalue weighted by Crippen LogP contribution is -2.41. The molecule has 1 aliphatic rings. The molecule has 0 spiro atoms. The number of benzene rings is 2. The van der Waals surface area contributed by atoms with Crippen LogP contribution in [0.2, 0.25) is 5.02 Å². The number of carbonyl (C=O) groups excluding carboxylic acids is 1. The van der Waals surface area contributed by atoms with Gasteiger partial charge in [0.15, 0.2) is 0 Å². The fourth-order valence-electron chi connectivity index (χ4n) is 3.19. The van der Waals surface area contributed by atoms with Crippen molar-refractivity contribution in [3.63, 3.8) is 0 Å². The van der Waals surface area contributed by atoms with Gasteiger partial charge < -0.3 is 9.80 Å². The van der Waals surface area contributed by atoms with E-state index in [9.17, 15) is 4.79 Å². The van der Waals surface area contributed by atoms with Gasteiger partial charge in [0.25, 0.3) is 0 Å². The van der Waals surface area contributed by atoms with Crippen LogP contribution >= 0.6 is 11.6 Å². The highest BCUT2D eigenvalue weighted by atomic mass is 35.5. The molecule has 0 aliphatic carbocycles. The average Bonchev–Trinajstić information content (AvgIpc) is 3.08. The van der Waals surface area contributed by atoms with Crippen LogP contribution in [0.3, 0.4) is 0 Å². The number of amides is 2. The topological polar surface area (TPSA) is 23.6 Å². The molecule has 0 aromatic heterocycles. The molecule has 1 fully saturated rings. The molecule has 0 saturated carbocycles. The van der Waals surface area contributed by atoms with E-state index in [4.69, 9.17) is 11.6 Å². The molecule has 2 amide bonds. The monoisotopic (exact) mass is 342 g/mol. The van der Waals surface area contributed by atoms with Gasteiger partial charge in [-0.25, -0.2) is 4.79 Å². The molecule has 4 heteroatoms. The fourth-order valence-corrected chi connectivity index (χ4v) is 3.40. The second-order valence-corrected chi connectivity index (χ2v) is 6.89. The maximum absolute atomic E-state index is 12.9. The van der Waals surface area contributed by atoms with E-state index in [1.54, 1.807) is 0 Å². The Balaban J connectivity index is 1.80. The highest BCUT2D eigenvalue weighted by Crippen LogP contribution is 2.18. The van der Waals surface area contributed by atoms with Gasteiger partial charge in [0.2, 0.25) is 0 Å². The third kappa shape index (κ3) is 4.30. The van der Waals surface area contributed by atoms with Crippen LogP contribution in [0, 0.1) is 6.92 Å². The second-order valence-electron chi connectivity index (χ2n) is 6.45. The van der Waals surface area contributed by atoms with Crippen molar-refractivity contribution in [2.45, 2.75) is 32.9 Å². The van der Waals surface area contributed by atoms with E-state index in [0.717, 1.165) is 37.1 Å². The minimum absolute atomic E-state index is 0.119. The van der Waals surface area contributed by atoms with Gasteiger partial charge in [-0.05, 0) is 43.0 Å². The Morgan fingerprint density at radius 2 is 1.67 bits per heavy atom. The lowest BCUT2D eigenvalue weighted by molar-refractivity contribution is 0.157. The number of urea groups is 1. The predicted molar refractivity (Wildman–Crippen MR) is 98.1 cm³/mol. The summed E-state index contributed by atoms with van der Waals surface area (Å²) in [5.74, 6) is 0. The number of aryl methyl sites for hydroxylation is 1. The summed E-state index contributed by atoms with van der Waals surface area (Å²) in [5.41, 5.74) is 3.43. The molecule has 1 heterocycles. The van der Waals surface area contributed by atoms with Crippen LogP contribution in [0.5, 0.6) is 0 Å². The van der Waals surface area contributed by atoms with Gasteiger partial charge in [0.1, 0.15) is 0 Å². The molecule has 0 N–H and O–H groups in total. The third-order valence-electron chi connectivity index (χ3n) is 4.37. The average molecular weight is 343 g/mol. The summed E-state index contributed by atoms with van der Waals surface area (Å²) >= 11 is 6.10. The SMILES string of the molecule is Cc1cccc(CN(Cc2cccc(Cl)c2)C(=O)N2CCCC2)c1. The normalized spacial score (nSPS) is 14.0. The van der Waals surface area contributed by atoms with Gasteiger partial charge in [0.05, 0.1) is 0 Å². The molecular formula is C20H23ClN2O. The van der Waals surface area contributed by atoms with Crippen molar-refractivity contribution < 1.29 is 4.79 Å². The van der Waals surface area contributed by atoms with Crippen molar-refractivity contribution >= 4 is 17.6 Å². The second kappa shape index (κ2) is 7.71. The summed E-state index contributed by atoms with van der Waals surface area (Å²) < 4.78 is 0. The summed E-state index contributed by atoms with van der Waals surface area (Å²) in [4.78, 5) is 16.8. The van der Waals surface area contributed by atoms with Crippen LogP contribution in [0.25, 0.3) is 0 Å². The third-order valence-corrected chi connectivity index (χ3v) is 4.60. The van der Waals surface area contributed by atoms with Gasteiger partial charge in [-0.3, -0.25) is 0 Å². The van der Waals surface area contributed by atoms with E-state index in [1.807, 2.05) is 40.1 Å². The Labute approximate surface area is 148 Å². The molecule has 3 rings (SSSR count). The number of likely N-dealkylation sites (tertiary alicyclic amines) is 1. The van der Waals surface area contributed by atoms with Crippen molar-refractivity contribution in [2.24, 2.45) is 0 Å². The summed E-state index contributed by atoms with van der Waals surface area (Å²) in [6.07, 6.45) is 2.20. The number of hydrogen-bond donors (Lipinski definition) is 0. The summed E-state index contributed by atoms with van der Waals surface area (Å²) in [6.45, 7) is 4.98. The van der Waals surface area contributed by atoms with E-state index in [2.05, 4.69) is 25.1 Å². The zero-order valence-electron chi connectivity index (χ0n) is 14.0. The van der Waals surface area contributed by atoms with Crippen LogP contribution in [0.1, 0.15) is 29.5 Å². The Kier molecular flexibility index (Phi) is 5.41. The molecule has 0 bridgehead atoms. The first-order valence-electron chi connectivity index (χ1n) is 8.46. The maximum Gasteiger partial charge on any atom is 0.320 e. The lowest BCUT2D eigenvalue weighted by Gasteiger charge is -2.28. The zero-order chi connectivity index (χ0) is 16.9. The number of nitrogens with zero attached hydrogens (tertiary/aromatic N) is 2. The fraction of sp³-hybridized carbons (Fsp3) is 0.350. The number of rotatable bonds is 4. The van der Waals surface area contributed by atoms with E-state index in [0.29, 0.717) is 18.1 Å². The predicted octanol–water partition coefficient (Wildman–Crippen LogP) is 4.87. The van der Waals surface area contributed by atoms with Crippen molar-refractivity contribution in [2.75, 3.05) is 13.1 Å². The minimum atomic E-state index is 0.119. The maximum atomic E-state index is 12.9. The van der Waals surface area contributed by atoms with Crippen LogP contribution in [-0.2, 0) is 13.1 Å². The standard InChI is InChI=1S/C20H23ClN2O/c1-16-6-4-7-17(12-16)14-23(20(24)22-10-2-3-11-22)15-18-8-5-9-19(21)13-18/h4-9,12-13H,2-3,10-11,14-15H2,1H3. The Morgan fingerprint density at radius 3 is 2.29 bits per heavy atom. The van der Waals surface area contributed by atoms with Gasteiger partial charge in [-0.1, -0.05) is 53.6 Å². The molecule has 0 radical (unpaired) electrons. The van der Waals surface area contributed by atoms with E-state index >= 15 is 0 Å². The number of hydrogen-bond acceptors (Lipinski definition) is 1. The van der Waals surface area contributed by atoms with Crippen molar-refractivity contribution in [1.29, 1.82) is 0 Å². The van der Waals surface area contributed by atoms with Gasteiger partial charge in [0, 0.05) is 31.2 Å².